The predicted octanol–water partition coefficient (Wildman–Crippen LogP) is 5.35. The molecule has 3 aliphatic rings. The van der Waals surface area contributed by atoms with Crippen molar-refractivity contribution < 1.29 is 67.9 Å². The largest absolute Gasteiger partial charge is 0.480 e. The molecule has 2 aromatic carbocycles. The summed E-state index contributed by atoms with van der Waals surface area (Å²) < 4.78 is 13.4. The second kappa shape index (κ2) is 27.4. The zero-order chi connectivity index (χ0) is 56.1. The van der Waals surface area contributed by atoms with Crippen molar-refractivity contribution in [1.29, 1.82) is 0 Å². The second-order valence-corrected chi connectivity index (χ2v) is 23.1. The normalized spacial score (nSPS) is 19.4. The molecule has 3 aliphatic heterocycles. The lowest BCUT2D eigenvalue weighted by Gasteiger charge is -2.34. The zero-order valence-electron chi connectivity index (χ0n) is 44.4. The van der Waals surface area contributed by atoms with Gasteiger partial charge in [0.05, 0.1) is 62.5 Å². The number of carbonyl (C=O) groups excluding carboxylic acids is 7. The Bertz CT molecular complexity index is 2660. The number of carboxylic acid groups (broad SMARTS) is 1. The quantitative estimate of drug-likeness (QED) is 0.0722. The molecule has 7 rings (SSSR count). The Morgan fingerprint density at radius 3 is 1.49 bits per heavy atom. The molecular formula is C55H71N5O14S2. The van der Waals surface area contributed by atoms with Crippen LogP contribution in [0.15, 0.2) is 59.6 Å². The number of carbonyl (C=O) groups is 8. The van der Waals surface area contributed by atoms with Crippen LogP contribution in [0.3, 0.4) is 0 Å². The molecule has 21 heteroatoms. The van der Waals surface area contributed by atoms with Crippen LogP contribution in [0.5, 0.6) is 0 Å². The van der Waals surface area contributed by atoms with Crippen LogP contribution >= 0.6 is 22.7 Å². The third-order valence-electron chi connectivity index (χ3n) is 13.2. The minimum absolute atomic E-state index is 0.0246. The van der Waals surface area contributed by atoms with Crippen molar-refractivity contribution in [2.24, 2.45) is 22.5 Å². The van der Waals surface area contributed by atoms with Gasteiger partial charge in [0.15, 0.2) is 17.3 Å². The molecule has 0 spiro atoms. The van der Waals surface area contributed by atoms with E-state index in [1.165, 1.54) is 9.80 Å². The van der Waals surface area contributed by atoms with Crippen molar-refractivity contribution in [2.75, 3.05) is 39.5 Å². The molecule has 2 unspecified atom stereocenters. The average molecular weight is 1090 g/mol. The van der Waals surface area contributed by atoms with Crippen molar-refractivity contribution in [3.8, 4) is 20.9 Å². The highest BCUT2D eigenvalue weighted by atomic mass is 32.1. The molecule has 2 aromatic heterocycles. The molecule has 0 aliphatic carbocycles. The summed E-state index contributed by atoms with van der Waals surface area (Å²) in [6, 6.07) is 14.1. The molecule has 19 nitrogen and oxygen atoms in total. The van der Waals surface area contributed by atoms with Crippen molar-refractivity contribution in [3.05, 3.63) is 82.1 Å². The molecule has 0 bridgehead atoms. The Morgan fingerprint density at radius 1 is 0.697 bits per heavy atom. The Labute approximate surface area is 451 Å². The summed E-state index contributed by atoms with van der Waals surface area (Å²) >= 11 is 3.19. The van der Waals surface area contributed by atoms with Crippen molar-refractivity contribution in [2.45, 2.75) is 131 Å². The van der Waals surface area contributed by atoms with Gasteiger partial charge >= 0.3 is 17.9 Å². The Hall–Kier alpha value is -5.94. The summed E-state index contributed by atoms with van der Waals surface area (Å²) in [5, 5.41) is 29.1. The summed E-state index contributed by atoms with van der Waals surface area (Å²) in [7, 11) is 0. The maximum absolute atomic E-state index is 13.6. The number of rotatable bonds is 18. The molecule has 3 saturated heterocycles. The number of ether oxygens (including phenoxy) is 3. The second-order valence-electron chi connectivity index (χ2n) is 21.4. The molecule has 5 heterocycles. The van der Waals surface area contributed by atoms with E-state index in [0.29, 0.717) is 19.3 Å². The highest BCUT2D eigenvalue weighted by Crippen LogP contribution is 2.35. The van der Waals surface area contributed by atoms with E-state index in [1.54, 1.807) is 22.7 Å². The third kappa shape index (κ3) is 17.5. The summed E-state index contributed by atoms with van der Waals surface area (Å²) in [5.74, 6) is -4.30. The minimum atomic E-state index is -1.18. The van der Waals surface area contributed by atoms with Gasteiger partial charge in [-0.2, -0.15) is 0 Å². The number of aromatic nitrogens is 2. The Morgan fingerprint density at radius 2 is 1.13 bits per heavy atom. The van der Waals surface area contributed by atoms with Crippen molar-refractivity contribution in [3.63, 3.8) is 0 Å². The molecule has 412 valence electrons. The van der Waals surface area contributed by atoms with Crippen LogP contribution < -0.4 is 5.73 Å². The molecule has 76 heavy (non-hydrogen) atoms. The van der Waals surface area contributed by atoms with Crippen LogP contribution in [-0.2, 0) is 65.4 Å². The third-order valence-corrected chi connectivity index (χ3v) is 15.2. The van der Waals surface area contributed by atoms with Crippen LogP contribution in [0.1, 0.15) is 96.2 Å². The van der Waals surface area contributed by atoms with Crippen LogP contribution in [-0.4, -0.2) is 152 Å². The fraction of sp³-hybridized carbons (Fsp3) is 0.527. The molecular weight excluding hydrogens is 1020 g/mol. The first-order chi connectivity index (χ1) is 35.7. The summed E-state index contributed by atoms with van der Waals surface area (Å²) in [5.41, 5.74) is 15.0. The van der Waals surface area contributed by atoms with Gasteiger partial charge in [-0.05, 0) is 59.8 Å². The number of esters is 2. The SMILES string of the molecule is Cc1ncsc1-c1ccc(CCC(=O)C2C[C@@H](O)CN2C(=O)[C@@H](CC(=O)COCC(=O)O)C(C)(C)C)cc1.Cc1ncsc1-c1ccc(CCC(=O)C2C[C@@H](O)CN2C(=O)[C@@H](N)C(C)(C)C)cc1.O=C1COCC(=O)O1. The zero-order valence-corrected chi connectivity index (χ0v) is 46.1. The van der Waals surface area contributed by atoms with Gasteiger partial charge in [0.25, 0.3) is 0 Å². The number of nitrogens with zero attached hydrogens (tertiary/aromatic N) is 4. The van der Waals surface area contributed by atoms with Crippen LogP contribution in [0.2, 0.25) is 0 Å². The van der Waals surface area contributed by atoms with E-state index in [0.717, 1.165) is 43.4 Å². The number of cyclic esters (lactones) is 2. The average Bonchev–Trinajstić information content (AvgIpc) is 4.18. The van der Waals surface area contributed by atoms with Gasteiger partial charge < -0.3 is 45.1 Å². The lowest BCUT2D eigenvalue weighted by Crippen LogP contribution is -2.53. The number of thiazole rings is 2. The first kappa shape index (κ1) is 60.9. The number of aryl methyl sites for hydroxylation is 4. The monoisotopic (exact) mass is 1090 g/mol. The van der Waals surface area contributed by atoms with Crippen LogP contribution in [0, 0.1) is 30.6 Å². The van der Waals surface area contributed by atoms with E-state index in [1.807, 2.05) is 103 Å². The van der Waals surface area contributed by atoms with Gasteiger partial charge in [0.1, 0.15) is 26.4 Å². The number of ketones is 3. The molecule has 3 fully saturated rings. The number of aliphatic hydroxyl groups excluding tert-OH is 2. The van der Waals surface area contributed by atoms with E-state index in [2.05, 4.69) is 31.6 Å². The first-order valence-corrected chi connectivity index (χ1v) is 26.9. The summed E-state index contributed by atoms with van der Waals surface area (Å²) in [4.78, 5) is 110. The number of benzene rings is 2. The standard InChI is InChI=1S/C28H36N2O7S.C23H31N3O3S.C4H4O4/c1-17-26(38-16-29-17)19-8-5-18(6-9-19)7-10-24(33)23-12-20(31)13-30(23)27(36)22(28(2,3)4)11-21(32)14-37-15-25(34)35;1-14-20(30-13-25-14)16-8-5-15(6-9-16)7-10-19(28)18-11-17(27)12-26(18)22(29)21(24)23(2,3)4;5-3-1-7-2-4(6)8-3/h5-6,8-9,16,20,22-23,31H,7,10-15H2,1-4H3,(H,34,35);5-6,8-9,13,17-18,21,27H,7,10-12,24H2,1-4H3;1-2H2/t20-,22-,23?;17-,18?,21-;/m11./s1. The van der Waals surface area contributed by atoms with Gasteiger partial charge in [-0.25, -0.2) is 24.4 Å². The number of nitrogens with two attached hydrogens (primary N) is 1. The van der Waals surface area contributed by atoms with E-state index < -0.39 is 78.2 Å². The minimum Gasteiger partial charge on any atom is -0.480 e. The van der Waals surface area contributed by atoms with E-state index >= 15 is 0 Å². The molecule has 2 amide bonds. The highest BCUT2D eigenvalue weighted by molar-refractivity contribution is 7.13. The van der Waals surface area contributed by atoms with Crippen LogP contribution in [0.4, 0.5) is 0 Å². The lowest BCUT2D eigenvalue weighted by atomic mass is 9.76. The van der Waals surface area contributed by atoms with Crippen LogP contribution in [0.25, 0.3) is 20.9 Å². The Kier molecular flexibility index (Phi) is 22.0. The van der Waals surface area contributed by atoms with Gasteiger partial charge in [-0.15, -0.1) is 22.7 Å². The number of likely N-dealkylation sites (tertiary alicyclic amines) is 2. The number of aliphatic hydroxyl groups is 2. The number of hydrogen-bond donors (Lipinski definition) is 4. The molecule has 0 radical (unpaired) electrons. The molecule has 5 N–H and O–H groups in total. The van der Waals surface area contributed by atoms with E-state index in [4.69, 9.17) is 15.6 Å². The van der Waals surface area contributed by atoms with E-state index in [-0.39, 0.29) is 81.2 Å². The summed E-state index contributed by atoms with van der Waals surface area (Å²) in [6.07, 6.45) is 0.472. The number of Topliss-reactive ketones (excluding diaryl/α,β-unsaturated/α-hetero) is 3. The van der Waals surface area contributed by atoms with Gasteiger partial charge in [-0.1, -0.05) is 90.1 Å². The maximum atomic E-state index is 13.6. The van der Waals surface area contributed by atoms with E-state index in [9.17, 15) is 48.6 Å². The molecule has 4 aromatic rings. The van der Waals surface area contributed by atoms with Gasteiger partial charge in [0.2, 0.25) is 11.8 Å². The van der Waals surface area contributed by atoms with Crippen molar-refractivity contribution >= 4 is 69.7 Å². The smallest absolute Gasteiger partial charge is 0.339 e. The number of β-amino-alcohol motifs (C(OH)–C–C–N with tert-alkyl or cyclic N) is 2. The lowest BCUT2D eigenvalue weighted by molar-refractivity contribution is -0.174. The number of carboxylic acids is 1. The fourth-order valence-electron chi connectivity index (χ4n) is 8.85. The highest BCUT2D eigenvalue weighted by Gasteiger charge is 2.45. The molecule has 6 atom stereocenters. The van der Waals surface area contributed by atoms with Gasteiger partial charge in [-0.3, -0.25) is 24.0 Å². The number of aliphatic carboxylic acids is 1. The Balaban J connectivity index is 0.000000249. The van der Waals surface area contributed by atoms with Gasteiger partial charge in [0, 0.05) is 51.1 Å². The van der Waals surface area contributed by atoms with Crippen molar-refractivity contribution in [1.82, 2.24) is 19.8 Å². The predicted molar refractivity (Wildman–Crippen MR) is 284 cm³/mol. The number of hydrogen-bond acceptors (Lipinski definition) is 18. The summed E-state index contributed by atoms with van der Waals surface area (Å²) in [6.45, 7) is 14.2. The maximum Gasteiger partial charge on any atom is 0.339 e. The fourth-order valence-corrected chi connectivity index (χ4v) is 10.5. The number of amides is 2. The molecule has 0 saturated carbocycles. The first-order valence-electron chi connectivity index (χ1n) is 25.1. The topological polar surface area (TPSA) is 283 Å².